The third-order valence-corrected chi connectivity index (χ3v) is 5.68. The average Bonchev–Trinajstić information content (AvgIpc) is 2.57. The highest BCUT2D eigenvalue weighted by molar-refractivity contribution is 4.82. The number of piperidine rings is 1. The number of likely N-dealkylation sites (N-methyl/N-ethyl adjacent to an activating group) is 1. The molecule has 2 saturated heterocycles. The monoisotopic (exact) mass is 384 g/mol. The maximum absolute atomic E-state index is 6.35. The Labute approximate surface area is 167 Å². The Balaban J connectivity index is 1.68. The molecule has 2 aliphatic heterocycles. The summed E-state index contributed by atoms with van der Waals surface area (Å²) in [7, 11) is 2.23. The van der Waals surface area contributed by atoms with E-state index in [1.807, 2.05) is 0 Å². The van der Waals surface area contributed by atoms with Gasteiger partial charge in [0.25, 0.3) is 0 Å². The fraction of sp³-hybridized carbons (Fsp3) is 1.00. The van der Waals surface area contributed by atoms with Crippen LogP contribution in [0.5, 0.6) is 0 Å². The Morgan fingerprint density at radius 2 is 1.81 bits per heavy atom. The molecule has 0 radical (unpaired) electrons. The second-order valence-corrected chi connectivity index (χ2v) is 10.0. The number of rotatable bonds is 9. The summed E-state index contributed by atoms with van der Waals surface area (Å²) in [5.41, 5.74) is -0.178. The van der Waals surface area contributed by atoms with Crippen molar-refractivity contribution in [3.63, 3.8) is 0 Å². The largest absolute Gasteiger partial charge is 0.376 e. The molecule has 27 heavy (non-hydrogen) atoms. The van der Waals surface area contributed by atoms with Crippen molar-refractivity contribution in [1.82, 2.24) is 9.80 Å². The molecule has 1 unspecified atom stereocenters. The molecule has 2 rings (SSSR count). The molecule has 2 atom stereocenters. The number of hydrogen-bond acceptors (Lipinski definition) is 5. The van der Waals surface area contributed by atoms with E-state index in [1.54, 1.807) is 0 Å². The van der Waals surface area contributed by atoms with E-state index in [0.717, 1.165) is 52.3 Å². The summed E-state index contributed by atoms with van der Waals surface area (Å²) >= 11 is 0. The van der Waals surface area contributed by atoms with E-state index in [1.165, 1.54) is 25.8 Å². The summed E-state index contributed by atoms with van der Waals surface area (Å²) in [6, 6.07) is 0.574. The first-order valence-corrected chi connectivity index (χ1v) is 11.0. The first kappa shape index (κ1) is 23.1. The molecular weight excluding hydrogens is 340 g/mol. The van der Waals surface area contributed by atoms with Crippen LogP contribution in [0.25, 0.3) is 0 Å². The van der Waals surface area contributed by atoms with Gasteiger partial charge in [0.2, 0.25) is 0 Å². The molecule has 5 heteroatoms. The standard InChI is InChI=1S/C22H44N2O3/c1-21(2,3)26-14-9-12-24-13-15-25-20(17-24)16-22(4,5)27-18-19-10-7-8-11-23(19)6/h19-20H,7-18H2,1-6H3/t19-,20?/m0/s1. The molecule has 2 fully saturated rings. The Morgan fingerprint density at radius 3 is 2.52 bits per heavy atom. The minimum Gasteiger partial charge on any atom is -0.376 e. The van der Waals surface area contributed by atoms with Gasteiger partial charge in [0.15, 0.2) is 0 Å². The van der Waals surface area contributed by atoms with Crippen LogP contribution in [0.1, 0.15) is 66.7 Å². The molecular formula is C22H44N2O3. The van der Waals surface area contributed by atoms with Gasteiger partial charge >= 0.3 is 0 Å². The zero-order chi connectivity index (χ0) is 19.9. The maximum Gasteiger partial charge on any atom is 0.0729 e. The Morgan fingerprint density at radius 1 is 1.04 bits per heavy atom. The van der Waals surface area contributed by atoms with Gasteiger partial charge in [-0.2, -0.15) is 0 Å². The third-order valence-electron chi connectivity index (χ3n) is 5.68. The van der Waals surface area contributed by atoms with E-state index in [-0.39, 0.29) is 17.3 Å². The van der Waals surface area contributed by atoms with Gasteiger partial charge in [0.05, 0.1) is 30.5 Å². The van der Waals surface area contributed by atoms with Gasteiger partial charge in [-0.05, 0) is 67.5 Å². The predicted octanol–water partition coefficient (Wildman–Crippen LogP) is 3.56. The van der Waals surface area contributed by atoms with Gasteiger partial charge in [-0.25, -0.2) is 0 Å². The van der Waals surface area contributed by atoms with Crippen LogP contribution in [-0.2, 0) is 14.2 Å². The van der Waals surface area contributed by atoms with Crippen molar-refractivity contribution in [2.45, 2.75) is 90.1 Å². The third kappa shape index (κ3) is 9.23. The van der Waals surface area contributed by atoms with E-state index in [4.69, 9.17) is 14.2 Å². The lowest BCUT2D eigenvalue weighted by Gasteiger charge is -2.39. The van der Waals surface area contributed by atoms with E-state index in [2.05, 4.69) is 51.5 Å². The Hall–Kier alpha value is -0.200. The van der Waals surface area contributed by atoms with Crippen LogP contribution in [0.3, 0.4) is 0 Å². The van der Waals surface area contributed by atoms with Gasteiger partial charge < -0.3 is 19.1 Å². The van der Waals surface area contributed by atoms with Crippen LogP contribution < -0.4 is 0 Å². The van der Waals surface area contributed by atoms with Crippen LogP contribution in [0.4, 0.5) is 0 Å². The summed E-state index contributed by atoms with van der Waals surface area (Å²) in [4.78, 5) is 4.98. The number of hydrogen-bond donors (Lipinski definition) is 0. The van der Waals surface area contributed by atoms with E-state index < -0.39 is 0 Å². The lowest BCUT2D eigenvalue weighted by molar-refractivity contribution is -0.104. The molecule has 2 aliphatic rings. The smallest absolute Gasteiger partial charge is 0.0729 e. The van der Waals surface area contributed by atoms with Gasteiger partial charge in [-0.3, -0.25) is 4.90 Å². The molecule has 0 aliphatic carbocycles. The van der Waals surface area contributed by atoms with E-state index >= 15 is 0 Å². The molecule has 160 valence electrons. The Kier molecular flexibility index (Phi) is 9.01. The summed E-state index contributed by atoms with van der Waals surface area (Å²) in [6.45, 7) is 17.6. The van der Waals surface area contributed by atoms with Crippen molar-refractivity contribution in [3.05, 3.63) is 0 Å². The van der Waals surface area contributed by atoms with Crippen LogP contribution in [-0.4, -0.2) is 86.2 Å². The van der Waals surface area contributed by atoms with Crippen molar-refractivity contribution in [1.29, 1.82) is 0 Å². The molecule has 0 spiro atoms. The predicted molar refractivity (Wildman–Crippen MR) is 111 cm³/mol. The highest BCUT2D eigenvalue weighted by Gasteiger charge is 2.30. The molecule has 2 heterocycles. The zero-order valence-corrected chi connectivity index (χ0v) is 18.8. The van der Waals surface area contributed by atoms with E-state index in [9.17, 15) is 0 Å². The van der Waals surface area contributed by atoms with Gasteiger partial charge in [0.1, 0.15) is 0 Å². The van der Waals surface area contributed by atoms with Crippen molar-refractivity contribution < 1.29 is 14.2 Å². The van der Waals surface area contributed by atoms with Crippen molar-refractivity contribution >= 4 is 0 Å². The molecule has 0 aromatic carbocycles. The molecule has 0 N–H and O–H groups in total. The Bertz CT molecular complexity index is 422. The maximum atomic E-state index is 6.35. The van der Waals surface area contributed by atoms with Crippen molar-refractivity contribution in [2.75, 3.05) is 53.0 Å². The minimum atomic E-state index is -0.138. The first-order valence-electron chi connectivity index (χ1n) is 11.0. The number of likely N-dealkylation sites (tertiary alicyclic amines) is 1. The number of morpholine rings is 1. The lowest BCUT2D eigenvalue weighted by atomic mass is 9.98. The normalized spacial score (nSPS) is 26.4. The summed E-state index contributed by atoms with van der Waals surface area (Å²) in [6.07, 6.45) is 6.22. The van der Waals surface area contributed by atoms with Crippen LogP contribution in [0.2, 0.25) is 0 Å². The second kappa shape index (κ2) is 10.5. The molecule has 5 nitrogen and oxygen atoms in total. The van der Waals surface area contributed by atoms with E-state index in [0.29, 0.717) is 6.04 Å². The highest BCUT2D eigenvalue weighted by atomic mass is 16.5. The van der Waals surface area contributed by atoms with Gasteiger partial charge in [0, 0.05) is 38.7 Å². The fourth-order valence-corrected chi connectivity index (χ4v) is 4.06. The molecule has 0 aromatic heterocycles. The second-order valence-electron chi connectivity index (χ2n) is 10.0. The van der Waals surface area contributed by atoms with Crippen LogP contribution in [0, 0.1) is 0 Å². The fourth-order valence-electron chi connectivity index (χ4n) is 4.06. The molecule has 0 aromatic rings. The highest BCUT2D eigenvalue weighted by Crippen LogP contribution is 2.24. The number of ether oxygens (including phenoxy) is 3. The van der Waals surface area contributed by atoms with Gasteiger partial charge in [-0.1, -0.05) is 6.42 Å². The van der Waals surface area contributed by atoms with Crippen LogP contribution >= 0.6 is 0 Å². The van der Waals surface area contributed by atoms with Crippen molar-refractivity contribution in [2.24, 2.45) is 0 Å². The number of nitrogens with zero attached hydrogens (tertiary/aromatic N) is 2. The molecule has 0 saturated carbocycles. The molecule has 0 amide bonds. The minimum absolute atomic E-state index is 0.0404. The summed E-state index contributed by atoms with van der Waals surface area (Å²) in [5, 5.41) is 0. The van der Waals surface area contributed by atoms with Crippen LogP contribution in [0.15, 0.2) is 0 Å². The zero-order valence-electron chi connectivity index (χ0n) is 18.8. The average molecular weight is 385 g/mol. The summed E-state index contributed by atoms with van der Waals surface area (Å²) in [5.74, 6) is 0. The quantitative estimate of drug-likeness (QED) is 0.568. The van der Waals surface area contributed by atoms with Crippen molar-refractivity contribution in [3.8, 4) is 0 Å². The molecule has 0 bridgehead atoms. The van der Waals surface area contributed by atoms with Gasteiger partial charge in [-0.15, -0.1) is 0 Å². The summed E-state index contributed by atoms with van der Waals surface area (Å²) < 4.78 is 18.3. The SMILES string of the molecule is CN1CCCC[C@H]1COC(C)(C)CC1CN(CCCOC(C)(C)C)CCO1. The first-order chi connectivity index (χ1) is 12.6. The lowest BCUT2D eigenvalue weighted by Crippen LogP contribution is -2.47. The topological polar surface area (TPSA) is 34.2 Å².